The van der Waals surface area contributed by atoms with Gasteiger partial charge in [0.05, 0.1) is 12.6 Å². The van der Waals surface area contributed by atoms with E-state index in [4.69, 9.17) is 9.73 Å². The summed E-state index contributed by atoms with van der Waals surface area (Å²) in [6, 6.07) is 0.324. The first-order valence-electron chi connectivity index (χ1n) is 10.5. The first-order chi connectivity index (χ1) is 12.9. The molecule has 0 saturated heterocycles. The number of fused-ring (bicyclic) bond motifs is 1. The summed E-state index contributed by atoms with van der Waals surface area (Å²) in [7, 11) is 0. The third-order valence-corrected chi connectivity index (χ3v) is 4.88. The number of aromatic nitrogens is 3. The number of hydrogen-bond donors (Lipinski definition) is 2. The van der Waals surface area contributed by atoms with Crippen LogP contribution in [-0.4, -0.2) is 52.6 Å². The van der Waals surface area contributed by atoms with Gasteiger partial charge in [-0.2, -0.15) is 5.10 Å². The van der Waals surface area contributed by atoms with Gasteiger partial charge in [-0.15, -0.1) is 0 Å². The summed E-state index contributed by atoms with van der Waals surface area (Å²) >= 11 is 0. The van der Waals surface area contributed by atoms with Crippen molar-refractivity contribution in [2.45, 2.75) is 85.4 Å². The van der Waals surface area contributed by atoms with Gasteiger partial charge >= 0.3 is 0 Å². The third-order valence-electron chi connectivity index (χ3n) is 4.88. The number of rotatable bonds is 9. The fourth-order valence-corrected chi connectivity index (χ4v) is 3.33. The molecule has 0 fully saturated rings. The summed E-state index contributed by atoms with van der Waals surface area (Å²) in [5.41, 5.74) is 0. The smallest absolute Gasteiger partial charge is 0.191 e. The first-order valence-corrected chi connectivity index (χ1v) is 10.5. The number of aryl methyl sites for hydroxylation is 1. The van der Waals surface area contributed by atoms with Crippen LogP contribution in [-0.2, 0) is 17.7 Å². The summed E-state index contributed by atoms with van der Waals surface area (Å²) in [6.45, 7) is 16.0. The van der Waals surface area contributed by atoms with Gasteiger partial charge < -0.3 is 15.4 Å². The number of guanidine groups is 1. The average Bonchev–Trinajstić information content (AvgIpc) is 3.04. The van der Waals surface area contributed by atoms with E-state index in [1.54, 1.807) is 0 Å². The molecule has 0 saturated carbocycles. The number of hydrogen-bond acceptors (Lipinski definition) is 4. The van der Waals surface area contributed by atoms with Crippen LogP contribution in [0.1, 0.15) is 72.0 Å². The lowest BCUT2D eigenvalue weighted by Crippen LogP contribution is -2.47. The fourth-order valence-electron chi connectivity index (χ4n) is 3.33. The minimum absolute atomic E-state index is 0.267. The van der Waals surface area contributed by atoms with Crippen LogP contribution in [0.4, 0.5) is 0 Å². The molecule has 0 radical (unpaired) electrons. The second kappa shape index (κ2) is 10.6. The lowest BCUT2D eigenvalue weighted by atomic mass is 10.0. The van der Waals surface area contributed by atoms with Gasteiger partial charge in [0.15, 0.2) is 11.8 Å². The topological polar surface area (TPSA) is 76.4 Å². The molecule has 2 N–H and O–H groups in total. The molecule has 1 aliphatic rings. The van der Waals surface area contributed by atoms with Crippen molar-refractivity contribution in [3.8, 4) is 0 Å². The number of nitrogens with zero attached hydrogens (tertiary/aromatic N) is 4. The molecule has 1 aromatic rings. The SMILES string of the molecule is CCNC(=NCCC(OCC)C(C)C)NC1CCc2nc(C(C)C)nn2C1. The van der Waals surface area contributed by atoms with Crippen LogP contribution in [0.3, 0.4) is 0 Å². The Morgan fingerprint density at radius 2 is 2.07 bits per heavy atom. The normalized spacial score (nSPS) is 18.7. The zero-order valence-corrected chi connectivity index (χ0v) is 18.0. The molecule has 2 rings (SSSR count). The zero-order valence-electron chi connectivity index (χ0n) is 18.0. The van der Waals surface area contributed by atoms with Gasteiger partial charge in [-0.1, -0.05) is 27.7 Å². The van der Waals surface area contributed by atoms with E-state index in [2.05, 4.69) is 66.9 Å². The standard InChI is InChI=1S/C20H38N6O/c1-7-21-20(22-12-11-17(14(3)4)27-8-2)23-16-9-10-18-24-19(15(5)6)25-26(18)13-16/h14-17H,7-13H2,1-6H3,(H2,21,22,23). The highest BCUT2D eigenvalue weighted by Gasteiger charge is 2.23. The first kappa shape index (κ1) is 21.7. The molecule has 0 aromatic carbocycles. The monoisotopic (exact) mass is 378 g/mol. The van der Waals surface area contributed by atoms with Gasteiger partial charge in [0.2, 0.25) is 0 Å². The van der Waals surface area contributed by atoms with Crippen LogP contribution >= 0.6 is 0 Å². The Bertz CT molecular complexity index is 595. The molecular formula is C20H38N6O. The van der Waals surface area contributed by atoms with Gasteiger partial charge in [0.1, 0.15) is 5.82 Å². The van der Waals surface area contributed by atoms with E-state index < -0.39 is 0 Å². The van der Waals surface area contributed by atoms with E-state index in [-0.39, 0.29) is 6.10 Å². The van der Waals surface area contributed by atoms with Crippen molar-refractivity contribution in [2.75, 3.05) is 19.7 Å². The second-order valence-corrected chi connectivity index (χ2v) is 7.89. The minimum Gasteiger partial charge on any atom is -0.378 e. The Hall–Kier alpha value is -1.63. The Morgan fingerprint density at radius 3 is 2.70 bits per heavy atom. The molecule has 2 heterocycles. The lowest BCUT2D eigenvalue weighted by molar-refractivity contribution is 0.0266. The third kappa shape index (κ3) is 6.48. The van der Waals surface area contributed by atoms with Crippen LogP contribution in [0.2, 0.25) is 0 Å². The molecule has 0 spiro atoms. The maximum atomic E-state index is 5.83. The lowest BCUT2D eigenvalue weighted by Gasteiger charge is -2.25. The minimum atomic E-state index is 0.267. The molecule has 2 atom stereocenters. The average molecular weight is 379 g/mol. The Morgan fingerprint density at radius 1 is 1.30 bits per heavy atom. The van der Waals surface area contributed by atoms with Gasteiger partial charge in [0.25, 0.3) is 0 Å². The van der Waals surface area contributed by atoms with Crippen molar-refractivity contribution < 1.29 is 4.74 Å². The van der Waals surface area contributed by atoms with E-state index in [0.717, 1.165) is 63.1 Å². The maximum absolute atomic E-state index is 5.83. The number of ether oxygens (including phenoxy) is 1. The van der Waals surface area contributed by atoms with Crippen LogP contribution < -0.4 is 10.6 Å². The fraction of sp³-hybridized carbons (Fsp3) is 0.850. The maximum Gasteiger partial charge on any atom is 0.191 e. The molecule has 27 heavy (non-hydrogen) atoms. The predicted octanol–water partition coefficient (Wildman–Crippen LogP) is 2.72. The second-order valence-electron chi connectivity index (χ2n) is 7.89. The van der Waals surface area contributed by atoms with Crippen molar-refractivity contribution >= 4 is 5.96 Å². The predicted molar refractivity (Wildman–Crippen MR) is 110 cm³/mol. The summed E-state index contributed by atoms with van der Waals surface area (Å²) < 4.78 is 7.89. The highest BCUT2D eigenvalue weighted by molar-refractivity contribution is 5.80. The van der Waals surface area contributed by atoms with E-state index >= 15 is 0 Å². The Balaban J connectivity index is 1.93. The molecule has 0 aliphatic carbocycles. The summed E-state index contributed by atoms with van der Waals surface area (Å²) in [4.78, 5) is 9.44. The van der Waals surface area contributed by atoms with E-state index in [1.165, 1.54) is 0 Å². The highest BCUT2D eigenvalue weighted by Crippen LogP contribution is 2.17. The molecule has 0 amide bonds. The van der Waals surface area contributed by atoms with E-state index in [9.17, 15) is 0 Å². The van der Waals surface area contributed by atoms with Crippen molar-refractivity contribution in [1.29, 1.82) is 0 Å². The van der Waals surface area contributed by atoms with Crippen LogP contribution in [0.25, 0.3) is 0 Å². The quantitative estimate of drug-likeness (QED) is 0.510. The van der Waals surface area contributed by atoms with Crippen LogP contribution in [0.5, 0.6) is 0 Å². The van der Waals surface area contributed by atoms with Crippen molar-refractivity contribution in [3.05, 3.63) is 11.6 Å². The summed E-state index contributed by atoms with van der Waals surface area (Å²) in [6.07, 6.45) is 3.21. The highest BCUT2D eigenvalue weighted by atomic mass is 16.5. The molecular weight excluding hydrogens is 340 g/mol. The zero-order chi connectivity index (χ0) is 19.8. The van der Waals surface area contributed by atoms with E-state index in [0.29, 0.717) is 17.9 Å². The van der Waals surface area contributed by atoms with Crippen LogP contribution in [0, 0.1) is 5.92 Å². The van der Waals surface area contributed by atoms with Crippen molar-refractivity contribution in [1.82, 2.24) is 25.4 Å². The largest absolute Gasteiger partial charge is 0.378 e. The summed E-state index contributed by atoms with van der Waals surface area (Å²) in [5, 5.41) is 11.6. The Labute approximate surface area is 164 Å². The molecule has 1 aromatic heterocycles. The molecule has 7 nitrogen and oxygen atoms in total. The molecule has 154 valence electrons. The molecule has 1 aliphatic heterocycles. The Kier molecular flexibility index (Phi) is 8.54. The number of nitrogens with one attached hydrogen (secondary N) is 2. The molecule has 0 bridgehead atoms. The van der Waals surface area contributed by atoms with Crippen molar-refractivity contribution in [3.63, 3.8) is 0 Å². The van der Waals surface area contributed by atoms with Gasteiger partial charge in [-0.3, -0.25) is 4.99 Å². The van der Waals surface area contributed by atoms with E-state index in [1.807, 2.05) is 0 Å². The van der Waals surface area contributed by atoms with Crippen molar-refractivity contribution in [2.24, 2.45) is 10.9 Å². The number of aliphatic imine (C=N–C) groups is 1. The van der Waals surface area contributed by atoms with Gasteiger partial charge in [-0.05, 0) is 32.6 Å². The van der Waals surface area contributed by atoms with Crippen LogP contribution in [0.15, 0.2) is 4.99 Å². The van der Waals surface area contributed by atoms with Gasteiger partial charge in [0, 0.05) is 38.1 Å². The molecule has 7 heteroatoms. The summed E-state index contributed by atoms with van der Waals surface area (Å²) in [5.74, 6) is 3.81. The van der Waals surface area contributed by atoms with Gasteiger partial charge in [-0.25, -0.2) is 9.67 Å². The molecule has 2 unspecified atom stereocenters.